The van der Waals surface area contributed by atoms with Gasteiger partial charge in [-0.05, 0) is 50.1 Å². The largest absolute Gasteiger partial charge is 0.399 e. The lowest BCUT2D eigenvalue weighted by molar-refractivity contribution is 0.117. The number of hydrogen-bond donors (Lipinski definition) is 2. The lowest BCUT2D eigenvalue weighted by Crippen LogP contribution is -2.30. The molecule has 1 aromatic rings. The van der Waals surface area contributed by atoms with E-state index < -0.39 is 0 Å². The van der Waals surface area contributed by atoms with Crippen LogP contribution < -0.4 is 5.73 Å². The van der Waals surface area contributed by atoms with Gasteiger partial charge in [-0.25, -0.2) is 0 Å². The minimum absolute atomic E-state index is 0.275. The van der Waals surface area contributed by atoms with Gasteiger partial charge >= 0.3 is 0 Å². The van der Waals surface area contributed by atoms with Crippen molar-refractivity contribution >= 4 is 5.69 Å². The van der Waals surface area contributed by atoms with E-state index in [0.29, 0.717) is 12.6 Å². The molecule has 0 heterocycles. The number of anilines is 1. The summed E-state index contributed by atoms with van der Waals surface area (Å²) in [4.78, 5) is 2.23. The highest BCUT2D eigenvalue weighted by atomic mass is 16.3. The number of nitrogen functional groups attached to an aromatic ring is 1. The maximum absolute atomic E-state index is 9.41. The molecule has 16 heavy (non-hydrogen) atoms. The predicted octanol–water partition coefficient (Wildman–Crippen LogP) is 1.57. The van der Waals surface area contributed by atoms with Crippen LogP contribution in [0.2, 0.25) is 0 Å². The van der Waals surface area contributed by atoms with Crippen molar-refractivity contribution in [3.8, 4) is 0 Å². The second kappa shape index (κ2) is 4.44. The molecule has 0 aliphatic heterocycles. The number of hydrogen-bond acceptors (Lipinski definition) is 3. The highest BCUT2D eigenvalue weighted by molar-refractivity contribution is 5.47. The Labute approximate surface area is 96.9 Å². The lowest BCUT2D eigenvalue weighted by atomic mass is 10.1. The smallest absolute Gasteiger partial charge is 0.0639 e. The normalized spacial score (nSPS) is 21.1. The number of aliphatic hydroxyl groups excluding tert-OH is 1. The van der Waals surface area contributed by atoms with Crippen molar-refractivity contribution < 1.29 is 5.11 Å². The maximum Gasteiger partial charge on any atom is 0.0639 e. The first kappa shape index (κ1) is 11.4. The molecule has 2 unspecified atom stereocenters. The van der Waals surface area contributed by atoms with Gasteiger partial charge in [0, 0.05) is 18.3 Å². The van der Waals surface area contributed by atoms with E-state index in [1.54, 1.807) is 0 Å². The third kappa shape index (κ3) is 2.20. The Balaban J connectivity index is 2.17. The second-order valence-electron chi connectivity index (χ2n) is 4.80. The van der Waals surface area contributed by atoms with Crippen LogP contribution >= 0.6 is 0 Å². The fraction of sp³-hybridized carbons (Fsp3) is 0.538. The molecule has 2 atom stereocenters. The second-order valence-corrected chi connectivity index (χ2v) is 4.80. The Morgan fingerprint density at radius 2 is 2.31 bits per heavy atom. The zero-order valence-electron chi connectivity index (χ0n) is 9.98. The van der Waals surface area contributed by atoms with Crippen molar-refractivity contribution in [2.75, 3.05) is 19.3 Å². The fourth-order valence-corrected chi connectivity index (χ4v) is 2.62. The Hall–Kier alpha value is -1.06. The van der Waals surface area contributed by atoms with E-state index in [-0.39, 0.29) is 6.10 Å². The zero-order valence-corrected chi connectivity index (χ0v) is 9.98. The fourth-order valence-electron chi connectivity index (χ4n) is 2.62. The number of aliphatic hydroxyl groups is 1. The van der Waals surface area contributed by atoms with E-state index in [9.17, 15) is 5.11 Å². The van der Waals surface area contributed by atoms with E-state index >= 15 is 0 Å². The molecule has 3 heteroatoms. The minimum Gasteiger partial charge on any atom is -0.399 e. The molecule has 3 N–H and O–H groups in total. The Bertz CT molecular complexity index is 376. The molecule has 0 fully saturated rings. The van der Waals surface area contributed by atoms with Gasteiger partial charge in [0.2, 0.25) is 0 Å². The summed E-state index contributed by atoms with van der Waals surface area (Å²) >= 11 is 0. The van der Waals surface area contributed by atoms with Crippen molar-refractivity contribution in [2.24, 2.45) is 0 Å². The van der Waals surface area contributed by atoms with Crippen molar-refractivity contribution in [3.63, 3.8) is 0 Å². The molecule has 1 aliphatic rings. The van der Waals surface area contributed by atoms with Gasteiger partial charge in [-0.1, -0.05) is 6.07 Å². The van der Waals surface area contributed by atoms with E-state index in [4.69, 9.17) is 5.73 Å². The van der Waals surface area contributed by atoms with Gasteiger partial charge in [-0.15, -0.1) is 0 Å². The number of nitrogens with zero attached hydrogens (tertiary/aromatic N) is 1. The standard InChI is InChI=1S/C13H20N2O/c1-9(16)8-15(2)13-6-3-10-7-11(14)4-5-12(10)13/h4-5,7,9,13,16H,3,6,8,14H2,1-2H3. The van der Waals surface area contributed by atoms with E-state index in [0.717, 1.165) is 18.5 Å². The summed E-state index contributed by atoms with van der Waals surface area (Å²) in [7, 11) is 2.07. The Morgan fingerprint density at radius 3 is 3.00 bits per heavy atom. The zero-order chi connectivity index (χ0) is 11.7. The monoisotopic (exact) mass is 220 g/mol. The number of nitrogens with two attached hydrogens (primary N) is 1. The van der Waals surface area contributed by atoms with Crippen molar-refractivity contribution in [3.05, 3.63) is 29.3 Å². The van der Waals surface area contributed by atoms with E-state index in [2.05, 4.69) is 24.1 Å². The average molecular weight is 220 g/mol. The van der Waals surface area contributed by atoms with Gasteiger partial charge in [0.05, 0.1) is 6.10 Å². The topological polar surface area (TPSA) is 49.5 Å². The van der Waals surface area contributed by atoms with Crippen LogP contribution in [-0.2, 0) is 6.42 Å². The summed E-state index contributed by atoms with van der Waals surface area (Å²) in [5.41, 5.74) is 9.36. The SMILES string of the molecule is CC(O)CN(C)C1CCc2cc(N)ccc21. The first-order valence-electron chi connectivity index (χ1n) is 5.84. The van der Waals surface area contributed by atoms with Gasteiger partial charge in [-0.3, -0.25) is 4.90 Å². The molecular formula is C13H20N2O. The molecule has 88 valence electrons. The van der Waals surface area contributed by atoms with Crippen LogP contribution in [0.5, 0.6) is 0 Å². The van der Waals surface area contributed by atoms with E-state index in [1.807, 2.05) is 13.0 Å². The summed E-state index contributed by atoms with van der Waals surface area (Å²) in [5.74, 6) is 0. The molecular weight excluding hydrogens is 200 g/mol. The molecule has 0 aromatic heterocycles. The third-order valence-electron chi connectivity index (χ3n) is 3.30. The molecule has 0 bridgehead atoms. The van der Waals surface area contributed by atoms with Gasteiger partial charge < -0.3 is 10.8 Å². The molecule has 0 spiro atoms. The van der Waals surface area contributed by atoms with Crippen molar-refractivity contribution in [1.29, 1.82) is 0 Å². The quantitative estimate of drug-likeness (QED) is 0.760. The third-order valence-corrected chi connectivity index (χ3v) is 3.30. The summed E-state index contributed by atoms with van der Waals surface area (Å²) in [5, 5.41) is 9.41. The van der Waals surface area contributed by atoms with Gasteiger partial charge in [-0.2, -0.15) is 0 Å². The molecule has 0 saturated heterocycles. The number of aryl methyl sites for hydroxylation is 1. The Morgan fingerprint density at radius 1 is 1.56 bits per heavy atom. The summed E-state index contributed by atoms with van der Waals surface area (Å²) in [6, 6.07) is 6.60. The van der Waals surface area contributed by atoms with Crippen LogP contribution in [0, 0.1) is 0 Å². The summed E-state index contributed by atoms with van der Waals surface area (Å²) < 4.78 is 0. The van der Waals surface area contributed by atoms with Crippen LogP contribution in [0.25, 0.3) is 0 Å². The molecule has 1 aliphatic carbocycles. The highest BCUT2D eigenvalue weighted by Crippen LogP contribution is 2.35. The van der Waals surface area contributed by atoms with E-state index in [1.165, 1.54) is 11.1 Å². The number of rotatable bonds is 3. The Kier molecular flexibility index (Phi) is 3.17. The van der Waals surface area contributed by atoms with Crippen LogP contribution in [0.15, 0.2) is 18.2 Å². The predicted molar refractivity (Wildman–Crippen MR) is 66.2 cm³/mol. The van der Waals surface area contributed by atoms with Gasteiger partial charge in [0.25, 0.3) is 0 Å². The average Bonchev–Trinajstić information content (AvgIpc) is 2.59. The first-order valence-corrected chi connectivity index (χ1v) is 5.84. The number of likely N-dealkylation sites (N-methyl/N-ethyl adjacent to an activating group) is 1. The van der Waals surface area contributed by atoms with Crippen LogP contribution in [-0.4, -0.2) is 29.7 Å². The molecule has 0 amide bonds. The molecule has 3 nitrogen and oxygen atoms in total. The highest BCUT2D eigenvalue weighted by Gasteiger charge is 2.26. The lowest BCUT2D eigenvalue weighted by Gasteiger charge is -2.26. The number of benzene rings is 1. The number of fused-ring (bicyclic) bond motifs is 1. The maximum atomic E-state index is 9.41. The molecule has 2 rings (SSSR count). The van der Waals surface area contributed by atoms with Gasteiger partial charge in [0.15, 0.2) is 0 Å². The summed E-state index contributed by atoms with van der Waals surface area (Å²) in [6.07, 6.45) is 1.94. The first-order chi connectivity index (χ1) is 7.58. The van der Waals surface area contributed by atoms with Crippen LogP contribution in [0.4, 0.5) is 5.69 Å². The molecule has 0 radical (unpaired) electrons. The minimum atomic E-state index is -0.275. The van der Waals surface area contributed by atoms with Crippen molar-refractivity contribution in [1.82, 2.24) is 4.90 Å². The van der Waals surface area contributed by atoms with Gasteiger partial charge in [0.1, 0.15) is 0 Å². The molecule has 0 saturated carbocycles. The molecule has 1 aromatic carbocycles. The van der Waals surface area contributed by atoms with Crippen molar-refractivity contribution in [2.45, 2.75) is 31.9 Å². The summed E-state index contributed by atoms with van der Waals surface area (Å²) in [6.45, 7) is 2.55. The van der Waals surface area contributed by atoms with Crippen LogP contribution in [0.1, 0.15) is 30.5 Å². The van der Waals surface area contributed by atoms with Crippen LogP contribution in [0.3, 0.4) is 0 Å².